The van der Waals surface area contributed by atoms with E-state index in [1.165, 1.54) is 17.3 Å². The van der Waals surface area contributed by atoms with Crippen LogP contribution in [0.25, 0.3) is 5.69 Å². The number of nitrogens with zero attached hydrogens (tertiary/aromatic N) is 3. The van der Waals surface area contributed by atoms with Crippen molar-refractivity contribution in [2.75, 3.05) is 27.0 Å². The van der Waals surface area contributed by atoms with Crippen LogP contribution < -0.4 is 9.47 Å². The third kappa shape index (κ3) is 3.58. The number of aromatic nitrogens is 2. The number of hydrogen-bond donors (Lipinski definition) is 0. The summed E-state index contributed by atoms with van der Waals surface area (Å²) in [6, 6.07) is 13.8. The van der Waals surface area contributed by atoms with E-state index < -0.39 is 0 Å². The van der Waals surface area contributed by atoms with E-state index in [1.807, 2.05) is 58.2 Å². The standard InChI is InChI=1S/C22H23N3O3S/c1-27-19-11-15-9-10-24(14-16(15)12-20(19)28-2)21(26)18-13-23-22(29-3)25(18)17-7-5-4-6-8-17/h4-8,11-13H,9-10,14H2,1-3H3. The molecule has 3 aromatic rings. The first-order chi connectivity index (χ1) is 14.2. The predicted octanol–water partition coefficient (Wildman–Crippen LogP) is 3.81. The molecule has 1 aliphatic rings. The van der Waals surface area contributed by atoms with E-state index in [4.69, 9.17) is 9.47 Å². The number of carbonyl (C=O) groups excluding carboxylic acids is 1. The first-order valence-corrected chi connectivity index (χ1v) is 10.6. The highest BCUT2D eigenvalue weighted by Crippen LogP contribution is 2.34. The Morgan fingerprint density at radius 1 is 1.07 bits per heavy atom. The zero-order chi connectivity index (χ0) is 20.4. The molecule has 6 nitrogen and oxygen atoms in total. The van der Waals surface area contributed by atoms with Crippen LogP contribution in [0.4, 0.5) is 0 Å². The van der Waals surface area contributed by atoms with Crippen LogP contribution in [0, 0.1) is 0 Å². The van der Waals surface area contributed by atoms with E-state index >= 15 is 0 Å². The summed E-state index contributed by atoms with van der Waals surface area (Å²) >= 11 is 1.52. The summed E-state index contributed by atoms with van der Waals surface area (Å²) < 4.78 is 12.8. The van der Waals surface area contributed by atoms with E-state index in [9.17, 15) is 4.79 Å². The molecule has 7 heteroatoms. The zero-order valence-corrected chi connectivity index (χ0v) is 17.5. The van der Waals surface area contributed by atoms with Gasteiger partial charge in [0.25, 0.3) is 5.91 Å². The molecule has 1 amide bonds. The molecule has 2 aromatic carbocycles. The SMILES string of the molecule is COc1cc2c(cc1OC)CN(C(=O)c1cnc(SC)n1-c1ccccc1)CC2. The van der Waals surface area contributed by atoms with Crippen molar-refractivity contribution in [2.45, 2.75) is 18.1 Å². The van der Waals surface area contributed by atoms with E-state index in [1.54, 1.807) is 20.4 Å². The summed E-state index contributed by atoms with van der Waals surface area (Å²) in [6.07, 6.45) is 4.41. The lowest BCUT2D eigenvalue weighted by Crippen LogP contribution is -2.37. The van der Waals surface area contributed by atoms with Crippen molar-refractivity contribution in [3.63, 3.8) is 0 Å². The van der Waals surface area contributed by atoms with Gasteiger partial charge >= 0.3 is 0 Å². The van der Waals surface area contributed by atoms with Crippen LogP contribution in [0.1, 0.15) is 21.6 Å². The molecule has 0 saturated carbocycles. The third-order valence-corrected chi connectivity index (χ3v) is 5.80. The molecule has 0 aliphatic carbocycles. The lowest BCUT2D eigenvalue weighted by atomic mass is 9.98. The number of para-hydroxylation sites is 1. The molecular formula is C22H23N3O3S. The van der Waals surface area contributed by atoms with Gasteiger partial charge in [0, 0.05) is 18.8 Å². The Morgan fingerprint density at radius 3 is 2.41 bits per heavy atom. The molecule has 2 heterocycles. The van der Waals surface area contributed by atoms with Gasteiger partial charge in [-0.3, -0.25) is 9.36 Å². The molecule has 1 aromatic heterocycles. The number of amides is 1. The molecule has 0 N–H and O–H groups in total. The number of fused-ring (bicyclic) bond motifs is 1. The lowest BCUT2D eigenvalue weighted by molar-refractivity contribution is 0.0725. The second kappa shape index (κ2) is 8.21. The highest BCUT2D eigenvalue weighted by Gasteiger charge is 2.27. The fourth-order valence-electron chi connectivity index (χ4n) is 3.67. The minimum absolute atomic E-state index is 0.0258. The van der Waals surface area contributed by atoms with Gasteiger partial charge in [-0.15, -0.1) is 0 Å². The van der Waals surface area contributed by atoms with Crippen LogP contribution in [0.5, 0.6) is 11.5 Å². The Bertz CT molecular complexity index is 1030. The van der Waals surface area contributed by atoms with Crippen LogP contribution >= 0.6 is 11.8 Å². The molecule has 0 unspecified atom stereocenters. The van der Waals surface area contributed by atoms with E-state index in [0.29, 0.717) is 24.5 Å². The number of rotatable bonds is 5. The minimum atomic E-state index is -0.0258. The fourth-order valence-corrected chi connectivity index (χ4v) is 4.22. The van der Waals surface area contributed by atoms with Gasteiger partial charge in [-0.25, -0.2) is 4.98 Å². The Kier molecular flexibility index (Phi) is 5.49. The van der Waals surface area contributed by atoms with Crippen molar-refractivity contribution in [3.05, 3.63) is 65.5 Å². The Morgan fingerprint density at radius 2 is 1.76 bits per heavy atom. The number of imidazole rings is 1. The highest BCUT2D eigenvalue weighted by atomic mass is 32.2. The molecule has 0 fully saturated rings. The monoisotopic (exact) mass is 409 g/mol. The maximum Gasteiger partial charge on any atom is 0.272 e. The van der Waals surface area contributed by atoms with Crippen molar-refractivity contribution in [2.24, 2.45) is 0 Å². The average molecular weight is 410 g/mol. The van der Waals surface area contributed by atoms with Crippen molar-refractivity contribution in [1.82, 2.24) is 14.5 Å². The molecule has 0 bridgehead atoms. The summed E-state index contributed by atoms with van der Waals surface area (Å²) in [5.41, 5.74) is 3.78. The first kappa shape index (κ1) is 19.4. The molecule has 0 radical (unpaired) electrons. The number of benzene rings is 2. The van der Waals surface area contributed by atoms with E-state index in [-0.39, 0.29) is 5.91 Å². The summed E-state index contributed by atoms with van der Waals surface area (Å²) in [4.78, 5) is 19.7. The second-order valence-electron chi connectivity index (χ2n) is 6.75. The normalized spacial score (nSPS) is 13.1. The van der Waals surface area contributed by atoms with Gasteiger partial charge in [0.05, 0.1) is 20.4 Å². The maximum absolute atomic E-state index is 13.4. The van der Waals surface area contributed by atoms with E-state index in [0.717, 1.165) is 28.6 Å². The number of ether oxygens (including phenoxy) is 2. The van der Waals surface area contributed by atoms with Crippen LogP contribution in [0.2, 0.25) is 0 Å². The van der Waals surface area contributed by atoms with E-state index in [2.05, 4.69) is 4.98 Å². The Balaban J connectivity index is 1.66. The predicted molar refractivity (Wildman–Crippen MR) is 113 cm³/mol. The molecule has 150 valence electrons. The van der Waals surface area contributed by atoms with Crippen molar-refractivity contribution < 1.29 is 14.3 Å². The van der Waals surface area contributed by atoms with Crippen LogP contribution in [0.3, 0.4) is 0 Å². The minimum Gasteiger partial charge on any atom is -0.493 e. The summed E-state index contributed by atoms with van der Waals surface area (Å²) in [5, 5.41) is 0.795. The summed E-state index contributed by atoms with van der Waals surface area (Å²) in [7, 11) is 3.26. The molecule has 29 heavy (non-hydrogen) atoms. The molecule has 0 spiro atoms. The van der Waals surface area contributed by atoms with Gasteiger partial charge in [0.2, 0.25) is 0 Å². The summed E-state index contributed by atoms with van der Waals surface area (Å²) in [6.45, 7) is 1.18. The van der Waals surface area contributed by atoms with Gasteiger partial charge in [-0.05, 0) is 48.1 Å². The molecule has 0 saturated heterocycles. The molecule has 1 aliphatic heterocycles. The molecule has 0 atom stereocenters. The van der Waals surface area contributed by atoms with Crippen molar-refractivity contribution >= 4 is 17.7 Å². The zero-order valence-electron chi connectivity index (χ0n) is 16.7. The second-order valence-corrected chi connectivity index (χ2v) is 7.53. The van der Waals surface area contributed by atoms with Gasteiger partial charge in [-0.2, -0.15) is 0 Å². The average Bonchev–Trinajstić information content (AvgIpc) is 3.21. The van der Waals surface area contributed by atoms with Gasteiger partial charge < -0.3 is 14.4 Å². The van der Waals surface area contributed by atoms with Gasteiger partial charge in [0.15, 0.2) is 16.7 Å². The highest BCUT2D eigenvalue weighted by molar-refractivity contribution is 7.98. The van der Waals surface area contributed by atoms with Crippen LogP contribution in [0.15, 0.2) is 53.8 Å². The third-order valence-electron chi connectivity index (χ3n) is 5.15. The topological polar surface area (TPSA) is 56.6 Å². The molecular weight excluding hydrogens is 386 g/mol. The lowest BCUT2D eigenvalue weighted by Gasteiger charge is -2.30. The Hall–Kier alpha value is -2.93. The van der Waals surface area contributed by atoms with Crippen LogP contribution in [-0.4, -0.2) is 47.4 Å². The van der Waals surface area contributed by atoms with Crippen molar-refractivity contribution in [3.8, 4) is 17.2 Å². The smallest absolute Gasteiger partial charge is 0.272 e. The van der Waals surface area contributed by atoms with Gasteiger partial charge in [0.1, 0.15) is 5.69 Å². The number of carbonyl (C=O) groups is 1. The molecule has 4 rings (SSSR count). The quantitative estimate of drug-likeness (QED) is 0.600. The number of thioether (sulfide) groups is 1. The summed E-state index contributed by atoms with van der Waals surface area (Å²) in [5.74, 6) is 1.37. The maximum atomic E-state index is 13.4. The Labute approximate surface area is 174 Å². The number of hydrogen-bond acceptors (Lipinski definition) is 5. The number of methoxy groups -OCH3 is 2. The van der Waals surface area contributed by atoms with Gasteiger partial charge in [-0.1, -0.05) is 30.0 Å². The van der Waals surface area contributed by atoms with Crippen molar-refractivity contribution in [1.29, 1.82) is 0 Å². The van der Waals surface area contributed by atoms with Crippen LogP contribution in [-0.2, 0) is 13.0 Å². The fraction of sp³-hybridized carbons (Fsp3) is 0.273. The first-order valence-electron chi connectivity index (χ1n) is 9.36. The largest absolute Gasteiger partial charge is 0.493 e.